The molecular formula is C11H20N4O5. The minimum Gasteiger partial charge on any atom is -0.390 e. The molecule has 20 heavy (non-hydrogen) atoms. The Hall–Kier alpha value is -1.55. The molecule has 0 aliphatic heterocycles. The first-order valence-electron chi connectivity index (χ1n) is 6.14. The summed E-state index contributed by atoms with van der Waals surface area (Å²) in [5, 5.41) is 27.1. The Bertz CT molecular complexity index is 411. The molecular weight excluding hydrogens is 268 g/mol. The third-order valence-corrected chi connectivity index (χ3v) is 2.67. The van der Waals surface area contributed by atoms with Crippen LogP contribution in [0.1, 0.15) is 0 Å². The van der Waals surface area contributed by atoms with Crippen molar-refractivity contribution in [1.29, 1.82) is 0 Å². The van der Waals surface area contributed by atoms with Crippen molar-refractivity contribution in [3.8, 4) is 0 Å². The van der Waals surface area contributed by atoms with E-state index in [9.17, 15) is 15.2 Å². The van der Waals surface area contributed by atoms with E-state index in [1.807, 2.05) is 0 Å². The lowest BCUT2D eigenvalue weighted by Gasteiger charge is -2.17. The van der Waals surface area contributed by atoms with Gasteiger partial charge in [0.15, 0.2) is 0 Å². The van der Waals surface area contributed by atoms with E-state index >= 15 is 0 Å². The molecule has 0 saturated carbocycles. The predicted molar refractivity (Wildman–Crippen MR) is 70.4 cm³/mol. The zero-order valence-corrected chi connectivity index (χ0v) is 11.6. The van der Waals surface area contributed by atoms with Gasteiger partial charge in [0.2, 0.25) is 0 Å². The number of aromatic nitrogens is 2. The highest BCUT2D eigenvalue weighted by molar-refractivity contribution is 5.20. The van der Waals surface area contributed by atoms with Crippen molar-refractivity contribution in [3.63, 3.8) is 0 Å². The molecule has 2 atom stereocenters. The second kappa shape index (κ2) is 8.59. The standard InChI is InChI=1S/C11H20N4O5/c1-19-8-11(20-2)5-12-4-10(16)7-14-6-9(3-13-14)15(17)18/h3,6,10-12,16H,4-5,7-8H2,1-2H3. The summed E-state index contributed by atoms with van der Waals surface area (Å²) < 4.78 is 11.5. The Kier molecular flexibility index (Phi) is 7.09. The molecule has 1 aromatic rings. The van der Waals surface area contributed by atoms with E-state index in [1.54, 1.807) is 14.2 Å². The molecule has 2 N–H and O–H groups in total. The third-order valence-electron chi connectivity index (χ3n) is 2.67. The molecule has 114 valence electrons. The minimum absolute atomic E-state index is 0.0852. The highest BCUT2D eigenvalue weighted by Gasteiger charge is 2.12. The molecule has 0 aliphatic carbocycles. The van der Waals surface area contributed by atoms with Gasteiger partial charge in [0.05, 0.1) is 30.3 Å². The summed E-state index contributed by atoms with van der Waals surface area (Å²) in [5.74, 6) is 0. The number of hydrogen-bond donors (Lipinski definition) is 2. The zero-order chi connectivity index (χ0) is 15.0. The van der Waals surface area contributed by atoms with Gasteiger partial charge in [0.1, 0.15) is 12.4 Å². The molecule has 1 heterocycles. The molecule has 9 nitrogen and oxygen atoms in total. The van der Waals surface area contributed by atoms with E-state index in [2.05, 4.69) is 10.4 Å². The average molecular weight is 288 g/mol. The maximum atomic E-state index is 10.5. The van der Waals surface area contributed by atoms with Crippen LogP contribution < -0.4 is 5.32 Å². The second-order valence-corrected chi connectivity index (χ2v) is 4.30. The van der Waals surface area contributed by atoms with Crippen LogP contribution in [0.25, 0.3) is 0 Å². The molecule has 1 aromatic heterocycles. The first kappa shape index (κ1) is 16.5. The van der Waals surface area contributed by atoms with Gasteiger partial charge in [-0.15, -0.1) is 0 Å². The van der Waals surface area contributed by atoms with Crippen molar-refractivity contribution in [2.24, 2.45) is 0 Å². The summed E-state index contributed by atoms with van der Waals surface area (Å²) in [6.45, 7) is 1.52. The Morgan fingerprint density at radius 1 is 1.55 bits per heavy atom. The lowest BCUT2D eigenvalue weighted by Crippen LogP contribution is -2.37. The quantitative estimate of drug-likeness (QED) is 0.437. The number of hydrogen-bond acceptors (Lipinski definition) is 7. The number of aliphatic hydroxyl groups excluding tert-OH is 1. The molecule has 0 spiro atoms. The molecule has 0 aliphatic rings. The van der Waals surface area contributed by atoms with E-state index in [0.29, 0.717) is 19.7 Å². The largest absolute Gasteiger partial charge is 0.390 e. The van der Waals surface area contributed by atoms with Crippen molar-refractivity contribution in [2.75, 3.05) is 33.9 Å². The summed E-state index contributed by atoms with van der Waals surface area (Å²) in [5.41, 5.74) is -0.0929. The van der Waals surface area contributed by atoms with E-state index in [-0.39, 0.29) is 18.3 Å². The zero-order valence-electron chi connectivity index (χ0n) is 11.6. The second-order valence-electron chi connectivity index (χ2n) is 4.30. The number of rotatable bonds is 10. The van der Waals surface area contributed by atoms with E-state index < -0.39 is 11.0 Å². The van der Waals surface area contributed by atoms with Crippen molar-refractivity contribution < 1.29 is 19.5 Å². The van der Waals surface area contributed by atoms with Gasteiger partial charge in [-0.2, -0.15) is 5.10 Å². The normalized spacial score (nSPS) is 14.2. The topological polar surface area (TPSA) is 112 Å². The Labute approximate surface area is 116 Å². The van der Waals surface area contributed by atoms with Crippen LogP contribution in [0, 0.1) is 10.1 Å². The molecule has 9 heteroatoms. The minimum atomic E-state index is -0.699. The first-order valence-corrected chi connectivity index (χ1v) is 6.14. The third kappa shape index (κ3) is 5.61. The Morgan fingerprint density at radius 3 is 2.85 bits per heavy atom. The molecule has 0 aromatic carbocycles. The van der Waals surface area contributed by atoms with Gasteiger partial charge in [-0.3, -0.25) is 14.8 Å². The summed E-state index contributed by atoms with van der Waals surface area (Å²) in [4.78, 5) is 9.97. The van der Waals surface area contributed by atoms with Gasteiger partial charge < -0.3 is 19.9 Å². The number of nitrogens with zero attached hydrogens (tertiary/aromatic N) is 3. The van der Waals surface area contributed by atoms with Crippen LogP contribution in [0.2, 0.25) is 0 Å². The van der Waals surface area contributed by atoms with E-state index in [0.717, 1.165) is 6.20 Å². The summed E-state index contributed by atoms with van der Waals surface area (Å²) in [6.07, 6.45) is 1.65. The molecule has 0 radical (unpaired) electrons. The first-order chi connectivity index (χ1) is 9.56. The fraction of sp³-hybridized carbons (Fsp3) is 0.727. The van der Waals surface area contributed by atoms with Crippen molar-refractivity contribution in [3.05, 3.63) is 22.5 Å². The molecule has 0 bridgehead atoms. The summed E-state index contributed by atoms with van der Waals surface area (Å²) in [7, 11) is 3.18. The van der Waals surface area contributed by atoms with Gasteiger partial charge >= 0.3 is 5.69 Å². The lowest BCUT2D eigenvalue weighted by molar-refractivity contribution is -0.385. The number of nitro groups is 1. The van der Waals surface area contributed by atoms with Gasteiger partial charge in [-0.05, 0) is 0 Å². The average Bonchev–Trinajstić information content (AvgIpc) is 2.86. The van der Waals surface area contributed by atoms with E-state index in [4.69, 9.17) is 9.47 Å². The van der Waals surface area contributed by atoms with Crippen LogP contribution in [0.4, 0.5) is 5.69 Å². The monoisotopic (exact) mass is 288 g/mol. The molecule has 2 unspecified atom stereocenters. The van der Waals surface area contributed by atoms with Crippen LogP contribution in [0.5, 0.6) is 0 Å². The Morgan fingerprint density at radius 2 is 2.30 bits per heavy atom. The maximum absolute atomic E-state index is 10.5. The lowest BCUT2D eigenvalue weighted by atomic mass is 10.3. The maximum Gasteiger partial charge on any atom is 0.306 e. The van der Waals surface area contributed by atoms with Gasteiger partial charge in [-0.25, -0.2) is 0 Å². The predicted octanol–water partition coefficient (Wildman–Crippen LogP) is -0.597. The smallest absolute Gasteiger partial charge is 0.306 e. The number of nitrogens with one attached hydrogen (secondary N) is 1. The van der Waals surface area contributed by atoms with Gasteiger partial charge in [0.25, 0.3) is 0 Å². The summed E-state index contributed by atoms with van der Waals surface area (Å²) >= 11 is 0. The SMILES string of the molecule is COCC(CNCC(O)Cn1cc([N+](=O)[O-])cn1)OC. The number of ether oxygens (including phenoxy) is 2. The molecule has 0 fully saturated rings. The highest BCUT2D eigenvalue weighted by Crippen LogP contribution is 2.07. The van der Waals surface area contributed by atoms with Crippen LogP contribution >= 0.6 is 0 Å². The number of aliphatic hydroxyl groups is 1. The molecule has 0 saturated heterocycles. The van der Waals surface area contributed by atoms with Crippen molar-refractivity contribution in [1.82, 2.24) is 15.1 Å². The van der Waals surface area contributed by atoms with Crippen LogP contribution in [-0.4, -0.2) is 65.9 Å². The number of methoxy groups -OCH3 is 2. The Balaban J connectivity index is 2.28. The van der Waals surface area contributed by atoms with Gasteiger partial charge in [0, 0.05) is 27.3 Å². The van der Waals surface area contributed by atoms with Crippen LogP contribution in [0.3, 0.4) is 0 Å². The van der Waals surface area contributed by atoms with Crippen LogP contribution in [0.15, 0.2) is 12.4 Å². The molecule has 1 rings (SSSR count). The van der Waals surface area contributed by atoms with Crippen molar-refractivity contribution >= 4 is 5.69 Å². The highest BCUT2D eigenvalue weighted by atomic mass is 16.6. The fourth-order valence-corrected chi connectivity index (χ4v) is 1.63. The fourth-order valence-electron chi connectivity index (χ4n) is 1.63. The van der Waals surface area contributed by atoms with Gasteiger partial charge in [-0.1, -0.05) is 0 Å². The summed E-state index contributed by atoms with van der Waals surface area (Å²) in [6, 6.07) is 0. The van der Waals surface area contributed by atoms with Crippen LogP contribution in [-0.2, 0) is 16.0 Å². The van der Waals surface area contributed by atoms with Crippen molar-refractivity contribution in [2.45, 2.75) is 18.8 Å². The van der Waals surface area contributed by atoms with E-state index in [1.165, 1.54) is 10.9 Å². The molecule has 0 amide bonds.